The number of carbonyl (C=O) groups excluding carboxylic acids is 2. The molecule has 2 heterocycles. The second-order valence-corrected chi connectivity index (χ2v) is 11.0. The highest BCUT2D eigenvalue weighted by Crippen LogP contribution is 2.60. The van der Waals surface area contributed by atoms with E-state index in [1.54, 1.807) is 28.8 Å². The van der Waals surface area contributed by atoms with Crippen molar-refractivity contribution in [2.75, 3.05) is 11.4 Å². The molecule has 2 fully saturated rings. The first-order chi connectivity index (χ1) is 14.3. The first kappa shape index (κ1) is 19.6. The molecule has 1 saturated carbocycles. The van der Waals surface area contributed by atoms with Crippen molar-refractivity contribution >= 4 is 29.3 Å². The maximum atomic E-state index is 14.0. The van der Waals surface area contributed by atoms with Crippen molar-refractivity contribution < 1.29 is 14.0 Å². The number of carbonyl (C=O) groups is 2. The Morgan fingerprint density at radius 3 is 2.50 bits per heavy atom. The molecule has 2 amide bonds. The van der Waals surface area contributed by atoms with Gasteiger partial charge in [0.2, 0.25) is 5.91 Å². The van der Waals surface area contributed by atoms with Crippen LogP contribution in [0.5, 0.6) is 0 Å². The zero-order chi connectivity index (χ0) is 21.1. The van der Waals surface area contributed by atoms with Gasteiger partial charge in [0.05, 0.1) is 12.2 Å². The fourth-order valence-corrected chi connectivity index (χ4v) is 6.52. The third-order valence-electron chi connectivity index (χ3n) is 6.41. The van der Waals surface area contributed by atoms with Crippen molar-refractivity contribution in [3.05, 3.63) is 65.5 Å². The number of benzene rings is 2. The third-order valence-corrected chi connectivity index (χ3v) is 8.00. The minimum atomic E-state index is -1.02. The number of hydrogen-bond acceptors (Lipinski definition) is 3. The average Bonchev–Trinajstić information content (AvgIpc) is 3.09. The molecule has 30 heavy (non-hydrogen) atoms. The van der Waals surface area contributed by atoms with Crippen LogP contribution in [-0.2, 0) is 21.0 Å². The molecule has 5 rings (SSSR count). The van der Waals surface area contributed by atoms with Crippen molar-refractivity contribution in [2.45, 2.75) is 49.3 Å². The van der Waals surface area contributed by atoms with Gasteiger partial charge in [-0.2, -0.15) is 0 Å². The van der Waals surface area contributed by atoms with Crippen molar-refractivity contribution in [3.63, 3.8) is 0 Å². The smallest absolute Gasteiger partial charge is 0.268 e. The van der Waals surface area contributed by atoms with Crippen molar-refractivity contribution in [1.29, 1.82) is 0 Å². The zero-order valence-corrected chi connectivity index (χ0v) is 18.0. The van der Waals surface area contributed by atoms with Gasteiger partial charge in [-0.25, -0.2) is 4.39 Å². The molecule has 0 unspecified atom stereocenters. The Balaban J connectivity index is 1.59. The van der Waals surface area contributed by atoms with Gasteiger partial charge in [-0.15, -0.1) is 11.8 Å². The molecule has 0 radical (unpaired) electrons. The molecule has 2 aromatic carbocycles. The number of halogens is 1. The van der Waals surface area contributed by atoms with Crippen LogP contribution >= 0.6 is 11.8 Å². The first-order valence-electron chi connectivity index (χ1n) is 10.5. The van der Waals surface area contributed by atoms with Crippen LogP contribution in [0.1, 0.15) is 44.2 Å². The molecule has 0 bridgehead atoms. The second-order valence-electron chi connectivity index (χ2n) is 9.09. The van der Waals surface area contributed by atoms with Crippen LogP contribution in [0.15, 0.2) is 48.5 Å². The summed E-state index contributed by atoms with van der Waals surface area (Å²) in [5, 5.41) is 0. The Labute approximate surface area is 180 Å². The number of anilines is 1. The predicted octanol–water partition coefficient (Wildman–Crippen LogP) is 4.68. The van der Waals surface area contributed by atoms with Gasteiger partial charge in [-0.05, 0) is 50.5 Å². The van der Waals surface area contributed by atoms with Gasteiger partial charge in [0.15, 0.2) is 4.87 Å². The number of nitrogens with zero attached hydrogens (tertiary/aromatic N) is 2. The molecule has 0 N–H and O–H groups in total. The van der Waals surface area contributed by atoms with Crippen LogP contribution in [0, 0.1) is 11.7 Å². The number of rotatable bonds is 3. The molecule has 6 heteroatoms. The van der Waals surface area contributed by atoms with Gasteiger partial charge in [-0.1, -0.05) is 36.8 Å². The van der Waals surface area contributed by atoms with E-state index in [1.165, 1.54) is 12.1 Å². The lowest BCUT2D eigenvalue weighted by Gasteiger charge is -2.37. The van der Waals surface area contributed by atoms with E-state index < -0.39 is 4.87 Å². The Morgan fingerprint density at radius 1 is 1.13 bits per heavy atom. The molecule has 1 atom stereocenters. The van der Waals surface area contributed by atoms with Crippen molar-refractivity contribution in [2.24, 2.45) is 5.92 Å². The minimum absolute atomic E-state index is 0.0301. The Morgan fingerprint density at radius 2 is 1.83 bits per heavy atom. The summed E-state index contributed by atoms with van der Waals surface area (Å²) >= 11 is 1.59. The van der Waals surface area contributed by atoms with Crippen LogP contribution in [0.25, 0.3) is 0 Å². The van der Waals surface area contributed by atoms with Crippen molar-refractivity contribution in [3.8, 4) is 0 Å². The van der Waals surface area contributed by atoms with Gasteiger partial charge in [0.25, 0.3) is 5.91 Å². The summed E-state index contributed by atoms with van der Waals surface area (Å²) in [5.74, 6) is -0.237. The highest BCUT2D eigenvalue weighted by Gasteiger charge is 2.64. The minimum Gasteiger partial charge on any atom is -0.314 e. The van der Waals surface area contributed by atoms with Crippen LogP contribution in [0.4, 0.5) is 10.1 Å². The molecule has 1 aliphatic carbocycles. The monoisotopic (exact) mass is 424 g/mol. The number of fused-ring (bicyclic) bond motifs is 2. The molecule has 1 saturated heterocycles. The maximum absolute atomic E-state index is 14.0. The molecule has 0 aromatic heterocycles. The van der Waals surface area contributed by atoms with Gasteiger partial charge in [-0.3, -0.25) is 9.59 Å². The summed E-state index contributed by atoms with van der Waals surface area (Å²) in [6.07, 6.45) is 2.90. The maximum Gasteiger partial charge on any atom is 0.268 e. The topological polar surface area (TPSA) is 40.6 Å². The van der Waals surface area contributed by atoms with Gasteiger partial charge in [0.1, 0.15) is 5.82 Å². The van der Waals surface area contributed by atoms with Crippen molar-refractivity contribution in [1.82, 2.24) is 4.90 Å². The Kier molecular flexibility index (Phi) is 4.47. The van der Waals surface area contributed by atoms with Crippen LogP contribution < -0.4 is 4.90 Å². The molecular formula is C24H25FN2O2S. The summed E-state index contributed by atoms with van der Waals surface area (Å²) in [5.41, 5.74) is 2.58. The van der Waals surface area contributed by atoms with E-state index in [-0.39, 0.29) is 28.3 Å². The van der Waals surface area contributed by atoms with Crippen LogP contribution in [0.2, 0.25) is 0 Å². The SMILES string of the molecule is CC1(C)CN(C(=O)C2CCC2)[C@]2(S1)C(=O)N(Cc1ccc(F)cc1)c1ccccc12. The summed E-state index contributed by atoms with van der Waals surface area (Å²) in [6, 6.07) is 14.0. The summed E-state index contributed by atoms with van der Waals surface area (Å²) in [7, 11) is 0. The average molecular weight is 425 g/mol. The normalized spacial score (nSPS) is 25.0. The molecule has 3 aliphatic rings. The Bertz CT molecular complexity index is 1020. The quantitative estimate of drug-likeness (QED) is 0.718. The molecule has 2 aromatic rings. The van der Waals surface area contributed by atoms with E-state index >= 15 is 0 Å². The molecule has 1 spiro atoms. The van der Waals surface area contributed by atoms with Gasteiger partial charge < -0.3 is 9.80 Å². The van der Waals surface area contributed by atoms with Crippen LogP contribution in [-0.4, -0.2) is 28.0 Å². The van der Waals surface area contributed by atoms with E-state index in [2.05, 4.69) is 13.8 Å². The third kappa shape index (κ3) is 2.88. The second kappa shape index (κ2) is 6.84. The lowest BCUT2D eigenvalue weighted by molar-refractivity contribution is -0.146. The van der Waals surface area contributed by atoms with E-state index in [1.807, 2.05) is 29.2 Å². The first-order valence-corrected chi connectivity index (χ1v) is 11.3. The van der Waals surface area contributed by atoms with Crippen LogP contribution in [0.3, 0.4) is 0 Å². The molecular weight excluding hydrogens is 399 g/mol. The molecule has 2 aliphatic heterocycles. The fraction of sp³-hybridized carbons (Fsp3) is 0.417. The standard InChI is InChI=1S/C24H25FN2O2S/c1-23(2)15-27(21(28)17-6-5-7-17)24(30-23)19-8-3-4-9-20(19)26(22(24)29)14-16-10-12-18(25)13-11-16/h3-4,8-13,17H,5-7,14-15H2,1-2H3/t24-/m1/s1. The lowest BCUT2D eigenvalue weighted by Crippen LogP contribution is -2.52. The van der Waals surface area contributed by atoms with E-state index in [0.717, 1.165) is 36.1 Å². The highest BCUT2D eigenvalue weighted by molar-refractivity contribution is 8.02. The summed E-state index contributed by atoms with van der Waals surface area (Å²) in [6.45, 7) is 5.11. The predicted molar refractivity (Wildman–Crippen MR) is 116 cm³/mol. The molecule has 156 valence electrons. The fourth-order valence-electron chi connectivity index (χ4n) is 4.78. The largest absolute Gasteiger partial charge is 0.314 e. The zero-order valence-electron chi connectivity index (χ0n) is 17.2. The highest BCUT2D eigenvalue weighted by atomic mass is 32.2. The summed E-state index contributed by atoms with van der Waals surface area (Å²) in [4.78, 5) is 30.1. The molecule has 4 nitrogen and oxygen atoms in total. The number of amides is 2. The number of thioether (sulfide) groups is 1. The van der Waals surface area contributed by atoms with E-state index in [4.69, 9.17) is 0 Å². The van der Waals surface area contributed by atoms with Gasteiger partial charge in [0, 0.05) is 22.8 Å². The lowest BCUT2D eigenvalue weighted by atomic mass is 9.83. The summed E-state index contributed by atoms with van der Waals surface area (Å²) < 4.78 is 13.1. The Hall–Kier alpha value is -2.34. The number of hydrogen-bond donors (Lipinski definition) is 0. The van der Waals surface area contributed by atoms with E-state index in [0.29, 0.717) is 13.1 Å². The van der Waals surface area contributed by atoms with E-state index in [9.17, 15) is 14.0 Å². The van der Waals surface area contributed by atoms with Gasteiger partial charge >= 0.3 is 0 Å². The number of para-hydroxylation sites is 1.